The Kier molecular flexibility index (Phi) is 2.48. The molecule has 82 valence electrons. The van der Waals surface area contributed by atoms with Crippen LogP contribution in [0, 0.1) is 0 Å². The molecule has 16 heavy (non-hydrogen) atoms. The zero-order valence-corrected chi connectivity index (χ0v) is 10.4. The van der Waals surface area contributed by atoms with Crippen LogP contribution in [0.5, 0.6) is 0 Å². The van der Waals surface area contributed by atoms with Crippen LogP contribution in [0.1, 0.15) is 23.6 Å². The van der Waals surface area contributed by atoms with Gasteiger partial charge in [-0.25, -0.2) is 0 Å². The first-order valence-corrected chi connectivity index (χ1v) is 6.30. The lowest BCUT2D eigenvalue weighted by molar-refractivity contribution is 0.703. The van der Waals surface area contributed by atoms with Gasteiger partial charge >= 0.3 is 0 Å². The summed E-state index contributed by atoms with van der Waals surface area (Å²) in [6, 6.07) is 10.7. The number of halogens is 1. The Bertz CT molecular complexity index is 491. The second-order valence-electron chi connectivity index (χ2n) is 4.13. The molecule has 1 atom stereocenters. The number of anilines is 1. The number of H-pyrrole nitrogens is 1. The Morgan fingerprint density at radius 3 is 3.00 bits per heavy atom. The lowest BCUT2D eigenvalue weighted by Gasteiger charge is -2.26. The van der Waals surface area contributed by atoms with Gasteiger partial charge in [0.25, 0.3) is 0 Å². The molecule has 2 nitrogen and oxygen atoms in total. The summed E-state index contributed by atoms with van der Waals surface area (Å²) in [5.74, 6) is 0.490. The minimum Gasteiger partial charge on any atom is -0.385 e. The summed E-state index contributed by atoms with van der Waals surface area (Å²) >= 11 is 3.54. The van der Waals surface area contributed by atoms with Gasteiger partial charge < -0.3 is 10.3 Å². The third kappa shape index (κ3) is 1.65. The average molecular weight is 277 g/mol. The van der Waals surface area contributed by atoms with E-state index in [2.05, 4.69) is 56.6 Å². The molecule has 1 aliphatic rings. The molecule has 0 saturated heterocycles. The van der Waals surface area contributed by atoms with E-state index in [9.17, 15) is 0 Å². The SMILES string of the molecule is Brc1ccc2c(c1)C(c1ccc[nH]1)CCN2. The van der Waals surface area contributed by atoms with E-state index in [0.717, 1.165) is 17.4 Å². The van der Waals surface area contributed by atoms with Gasteiger partial charge in [0.2, 0.25) is 0 Å². The molecule has 1 unspecified atom stereocenters. The molecule has 0 saturated carbocycles. The van der Waals surface area contributed by atoms with Crippen molar-refractivity contribution in [1.82, 2.24) is 4.98 Å². The molecule has 1 aromatic carbocycles. The van der Waals surface area contributed by atoms with Gasteiger partial charge in [0.15, 0.2) is 0 Å². The fourth-order valence-corrected chi connectivity index (χ4v) is 2.75. The summed E-state index contributed by atoms with van der Waals surface area (Å²) in [6.45, 7) is 1.04. The number of fused-ring (bicyclic) bond motifs is 1. The monoisotopic (exact) mass is 276 g/mol. The lowest BCUT2D eigenvalue weighted by Crippen LogP contribution is -2.17. The highest BCUT2D eigenvalue weighted by atomic mass is 79.9. The average Bonchev–Trinajstić information content (AvgIpc) is 2.81. The van der Waals surface area contributed by atoms with E-state index < -0.39 is 0 Å². The molecule has 2 heterocycles. The van der Waals surface area contributed by atoms with E-state index in [1.165, 1.54) is 16.9 Å². The third-order valence-corrected chi connectivity index (χ3v) is 3.63. The summed E-state index contributed by atoms with van der Waals surface area (Å²) in [4.78, 5) is 3.32. The van der Waals surface area contributed by atoms with Gasteiger partial charge in [-0.1, -0.05) is 15.9 Å². The van der Waals surface area contributed by atoms with Gasteiger partial charge in [0.1, 0.15) is 0 Å². The number of hydrogen-bond acceptors (Lipinski definition) is 1. The molecule has 0 radical (unpaired) electrons. The first-order valence-electron chi connectivity index (χ1n) is 5.51. The number of rotatable bonds is 1. The van der Waals surface area contributed by atoms with Crippen LogP contribution in [0.15, 0.2) is 41.0 Å². The summed E-state index contributed by atoms with van der Waals surface area (Å²) in [5, 5.41) is 3.45. The standard InChI is InChI=1S/C13H13BrN2/c14-9-3-4-13-11(8-9)10(5-7-16-13)12-2-1-6-15-12/h1-4,6,8,10,15-16H,5,7H2. The van der Waals surface area contributed by atoms with Gasteiger partial charge in [-0.05, 0) is 42.3 Å². The summed E-state index contributed by atoms with van der Waals surface area (Å²) in [7, 11) is 0. The minimum atomic E-state index is 0.490. The van der Waals surface area contributed by atoms with Crippen molar-refractivity contribution in [2.75, 3.05) is 11.9 Å². The van der Waals surface area contributed by atoms with Gasteiger partial charge in [-0.3, -0.25) is 0 Å². The van der Waals surface area contributed by atoms with Crippen molar-refractivity contribution in [3.05, 3.63) is 52.3 Å². The van der Waals surface area contributed by atoms with E-state index in [-0.39, 0.29) is 0 Å². The maximum Gasteiger partial charge on any atom is 0.0380 e. The second kappa shape index (κ2) is 3.98. The van der Waals surface area contributed by atoms with Crippen LogP contribution in [-0.4, -0.2) is 11.5 Å². The molecule has 1 aromatic heterocycles. The molecular weight excluding hydrogens is 264 g/mol. The van der Waals surface area contributed by atoms with Crippen LogP contribution in [0.2, 0.25) is 0 Å². The van der Waals surface area contributed by atoms with Crippen molar-refractivity contribution in [2.45, 2.75) is 12.3 Å². The van der Waals surface area contributed by atoms with E-state index >= 15 is 0 Å². The molecule has 0 bridgehead atoms. The van der Waals surface area contributed by atoms with E-state index in [0.29, 0.717) is 5.92 Å². The molecule has 3 heteroatoms. The molecule has 0 spiro atoms. The van der Waals surface area contributed by atoms with Crippen molar-refractivity contribution >= 4 is 21.6 Å². The van der Waals surface area contributed by atoms with E-state index in [1.807, 2.05) is 6.20 Å². The Morgan fingerprint density at radius 1 is 1.25 bits per heavy atom. The predicted molar refractivity (Wildman–Crippen MR) is 69.9 cm³/mol. The van der Waals surface area contributed by atoms with Crippen molar-refractivity contribution in [3.63, 3.8) is 0 Å². The quantitative estimate of drug-likeness (QED) is 0.816. The van der Waals surface area contributed by atoms with Crippen LogP contribution in [0.25, 0.3) is 0 Å². The van der Waals surface area contributed by atoms with Gasteiger partial charge in [0, 0.05) is 34.5 Å². The molecule has 1 aliphatic heterocycles. The number of hydrogen-bond donors (Lipinski definition) is 2. The predicted octanol–water partition coefficient (Wildman–Crippen LogP) is 3.72. The molecular formula is C13H13BrN2. The fourth-order valence-electron chi connectivity index (χ4n) is 2.37. The number of benzene rings is 1. The van der Waals surface area contributed by atoms with Crippen molar-refractivity contribution in [1.29, 1.82) is 0 Å². The minimum absolute atomic E-state index is 0.490. The van der Waals surface area contributed by atoms with Crippen molar-refractivity contribution in [2.24, 2.45) is 0 Å². The van der Waals surface area contributed by atoms with E-state index in [4.69, 9.17) is 0 Å². The first-order chi connectivity index (χ1) is 7.84. The maximum atomic E-state index is 3.54. The zero-order valence-electron chi connectivity index (χ0n) is 8.83. The molecule has 0 fully saturated rings. The lowest BCUT2D eigenvalue weighted by atomic mass is 9.88. The number of aromatic nitrogens is 1. The number of aromatic amines is 1. The maximum absolute atomic E-state index is 3.54. The smallest absolute Gasteiger partial charge is 0.0380 e. The summed E-state index contributed by atoms with van der Waals surface area (Å²) < 4.78 is 1.14. The normalized spacial score (nSPS) is 18.9. The topological polar surface area (TPSA) is 27.8 Å². The Labute approximate surface area is 103 Å². The van der Waals surface area contributed by atoms with Gasteiger partial charge in [-0.2, -0.15) is 0 Å². The van der Waals surface area contributed by atoms with Crippen LogP contribution >= 0.6 is 15.9 Å². The van der Waals surface area contributed by atoms with Crippen molar-refractivity contribution < 1.29 is 0 Å². The third-order valence-electron chi connectivity index (χ3n) is 3.13. The highest BCUT2D eigenvalue weighted by molar-refractivity contribution is 9.10. The fraction of sp³-hybridized carbons (Fsp3) is 0.231. The largest absolute Gasteiger partial charge is 0.385 e. The summed E-state index contributed by atoms with van der Waals surface area (Å²) in [6.07, 6.45) is 3.14. The Hall–Kier alpha value is -1.22. The molecule has 0 aliphatic carbocycles. The molecule has 2 aromatic rings. The zero-order chi connectivity index (χ0) is 11.0. The molecule has 3 rings (SSSR count). The molecule has 2 N–H and O–H groups in total. The Morgan fingerprint density at radius 2 is 2.19 bits per heavy atom. The highest BCUT2D eigenvalue weighted by Crippen LogP contribution is 2.37. The Balaban J connectivity index is 2.08. The van der Waals surface area contributed by atoms with Crippen molar-refractivity contribution in [3.8, 4) is 0 Å². The van der Waals surface area contributed by atoms with Gasteiger partial charge in [-0.15, -0.1) is 0 Å². The summed E-state index contributed by atoms with van der Waals surface area (Å²) in [5.41, 5.74) is 3.94. The first kappa shape index (κ1) is 9.97. The van der Waals surface area contributed by atoms with Gasteiger partial charge in [0.05, 0.1) is 0 Å². The van der Waals surface area contributed by atoms with Crippen LogP contribution in [0.4, 0.5) is 5.69 Å². The van der Waals surface area contributed by atoms with E-state index in [1.54, 1.807) is 0 Å². The molecule has 0 amide bonds. The highest BCUT2D eigenvalue weighted by Gasteiger charge is 2.22. The van der Waals surface area contributed by atoms with Crippen LogP contribution in [-0.2, 0) is 0 Å². The number of nitrogens with one attached hydrogen (secondary N) is 2. The second-order valence-corrected chi connectivity index (χ2v) is 5.04. The van der Waals surface area contributed by atoms with Crippen LogP contribution < -0.4 is 5.32 Å². The van der Waals surface area contributed by atoms with Crippen LogP contribution in [0.3, 0.4) is 0 Å².